The number of aliphatic hydroxyl groups excluding tert-OH is 1. The Bertz CT molecular complexity index is 665. The molecule has 2 aromatic carbocycles. The zero-order valence-corrected chi connectivity index (χ0v) is 13.0. The fourth-order valence-electron chi connectivity index (χ4n) is 2.43. The van der Waals surface area contributed by atoms with E-state index in [0.717, 1.165) is 16.5 Å². The summed E-state index contributed by atoms with van der Waals surface area (Å²) in [6.45, 7) is 1.13. The molecule has 23 heavy (non-hydrogen) atoms. The van der Waals surface area contributed by atoms with Gasteiger partial charge in [0.25, 0.3) is 0 Å². The van der Waals surface area contributed by atoms with Crippen LogP contribution in [0.15, 0.2) is 42.5 Å². The van der Waals surface area contributed by atoms with Gasteiger partial charge in [0.05, 0.1) is 18.4 Å². The molecule has 1 fully saturated rings. The SMILES string of the molecule is O=C(NCC(O)COCC1CC1)Nc1cccc2ccccc12. The van der Waals surface area contributed by atoms with E-state index in [2.05, 4.69) is 10.6 Å². The molecule has 3 N–H and O–H groups in total. The summed E-state index contributed by atoms with van der Waals surface area (Å²) < 4.78 is 5.41. The minimum absolute atomic E-state index is 0.168. The molecule has 2 amide bonds. The Balaban J connectivity index is 1.46. The van der Waals surface area contributed by atoms with Gasteiger partial charge in [-0.05, 0) is 30.2 Å². The molecule has 0 saturated heterocycles. The summed E-state index contributed by atoms with van der Waals surface area (Å²) in [5, 5.41) is 17.3. The molecule has 122 valence electrons. The molecule has 1 atom stereocenters. The Morgan fingerprint density at radius 2 is 2.00 bits per heavy atom. The van der Waals surface area contributed by atoms with Crippen LogP contribution >= 0.6 is 0 Å². The van der Waals surface area contributed by atoms with Crippen LogP contribution in [0.5, 0.6) is 0 Å². The molecule has 1 unspecified atom stereocenters. The van der Waals surface area contributed by atoms with Crippen molar-refractivity contribution in [2.45, 2.75) is 18.9 Å². The molecule has 1 aliphatic rings. The van der Waals surface area contributed by atoms with E-state index < -0.39 is 6.10 Å². The summed E-state index contributed by atoms with van der Waals surface area (Å²) in [6, 6.07) is 13.3. The number of carbonyl (C=O) groups excluding carboxylic acids is 1. The minimum Gasteiger partial charge on any atom is -0.389 e. The number of urea groups is 1. The number of hydrogen-bond acceptors (Lipinski definition) is 3. The molecule has 2 aromatic rings. The summed E-state index contributed by atoms with van der Waals surface area (Å²) in [5.74, 6) is 0.671. The van der Waals surface area contributed by atoms with E-state index in [4.69, 9.17) is 4.74 Å². The van der Waals surface area contributed by atoms with Gasteiger partial charge < -0.3 is 20.5 Å². The number of amides is 2. The number of aliphatic hydroxyl groups is 1. The zero-order chi connectivity index (χ0) is 16.1. The van der Waals surface area contributed by atoms with Crippen molar-refractivity contribution in [2.24, 2.45) is 5.92 Å². The van der Waals surface area contributed by atoms with E-state index in [-0.39, 0.29) is 19.2 Å². The van der Waals surface area contributed by atoms with Gasteiger partial charge in [-0.3, -0.25) is 0 Å². The molecular formula is C18H22N2O3. The first kappa shape index (κ1) is 15.8. The maximum atomic E-state index is 12.0. The maximum absolute atomic E-state index is 12.0. The number of rotatable bonds is 7. The highest BCUT2D eigenvalue weighted by Crippen LogP contribution is 2.28. The fraction of sp³-hybridized carbons (Fsp3) is 0.389. The van der Waals surface area contributed by atoms with Crippen LogP contribution in [0.4, 0.5) is 10.5 Å². The Labute approximate surface area is 135 Å². The van der Waals surface area contributed by atoms with Crippen molar-refractivity contribution in [3.05, 3.63) is 42.5 Å². The van der Waals surface area contributed by atoms with Crippen molar-refractivity contribution in [2.75, 3.05) is 25.1 Å². The average molecular weight is 314 g/mol. The topological polar surface area (TPSA) is 70.6 Å². The quantitative estimate of drug-likeness (QED) is 0.736. The van der Waals surface area contributed by atoms with Gasteiger partial charge in [-0.15, -0.1) is 0 Å². The molecule has 0 bridgehead atoms. The third-order valence-corrected chi connectivity index (χ3v) is 3.90. The number of fused-ring (bicyclic) bond motifs is 1. The van der Waals surface area contributed by atoms with Gasteiger partial charge in [0.2, 0.25) is 0 Å². The molecule has 3 rings (SSSR count). The van der Waals surface area contributed by atoms with Crippen molar-refractivity contribution in [3.8, 4) is 0 Å². The summed E-state index contributed by atoms with van der Waals surface area (Å²) in [5.41, 5.74) is 0.750. The van der Waals surface area contributed by atoms with Gasteiger partial charge in [0, 0.05) is 18.5 Å². The molecular weight excluding hydrogens is 292 g/mol. The van der Waals surface area contributed by atoms with Crippen molar-refractivity contribution < 1.29 is 14.6 Å². The molecule has 1 aliphatic carbocycles. The molecule has 0 radical (unpaired) electrons. The van der Waals surface area contributed by atoms with E-state index >= 15 is 0 Å². The predicted molar refractivity (Wildman–Crippen MR) is 90.5 cm³/mol. The smallest absolute Gasteiger partial charge is 0.319 e. The second-order valence-corrected chi connectivity index (χ2v) is 6.00. The van der Waals surface area contributed by atoms with Crippen LogP contribution in [0, 0.1) is 5.92 Å². The monoisotopic (exact) mass is 314 g/mol. The van der Waals surface area contributed by atoms with Gasteiger partial charge in [0.15, 0.2) is 0 Å². The summed E-state index contributed by atoms with van der Waals surface area (Å²) in [6.07, 6.45) is 1.76. The van der Waals surface area contributed by atoms with Crippen molar-refractivity contribution in [1.82, 2.24) is 5.32 Å². The van der Waals surface area contributed by atoms with Crippen LogP contribution in [0.3, 0.4) is 0 Å². The highest BCUT2D eigenvalue weighted by molar-refractivity contribution is 6.01. The Hall–Kier alpha value is -2.11. The van der Waals surface area contributed by atoms with Crippen LogP contribution in [-0.4, -0.2) is 37.0 Å². The third-order valence-electron chi connectivity index (χ3n) is 3.90. The first-order chi connectivity index (χ1) is 11.2. The number of ether oxygens (including phenoxy) is 1. The average Bonchev–Trinajstić information content (AvgIpc) is 3.38. The number of benzene rings is 2. The lowest BCUT2D eigenvalue weighted by atomic mass is 10.1. The molecule has 0 spiro atoms. The van der Waals surface area contributed by atoms with Gasteiger partial charge in [-0.25, -0.2) is 4.79 Å². The molecule has 0 aliphatic heterocycles. The second-order valence-electron chi connectivity index (χ2n) is 6.00. The number of nitrogens with one attached hydrogen (secondary N) is 2. The molecule has 5 heteroatoms. The lowest BCUT2D eigenvalue weighted by Gasteiger charge is -2.14. The number of anilines is 1. The predicted octanol–water partition coefficient (Wildman–Crippen LogP) is 2.75. The van der Waals surface area contributed by atoms with Crippen molar-refractivity contribution >= 4 is 22.5 Å². The normalized spacial score (nSPS) is 15.3. The van der Waals surface area contributed by atoms with Gasteiger partial charge in [0.1, 0.15) is 0 Å². The standard InChI is InChI=1S/C18H22N2O3/c21-15(12-23-11-13-8-9-13)10-19-18(22)20-17-7-3-5-14-4-1-2-6-16(14)17/h1-7,13,15,21H,8-12H2,(H2,19,20,22). The van der Waals surface area contributed by atoms with Crippen LogP contribution in [-0.2, 0) is 4.74 Å². The highest BCUT2D eigenvalue weighted by atomic mass is 16.5. The first-order valence-electron chi connectivity index (χ1n) is 8.01. The fourth-order valence-corrected chi connectivity index (χ4v) is 2.43. The number of carbonyl (C=O) groups is 1. The summed E-state index contributed by atoms with van der Waals surface area (Å²) >= 11 is 0. The van der Waals surface area contributed by atoms with Gasteiger partial charge >= 0.3 is 6.03 Å². The molecule has 5 nitrogen and oxygen atoms in total. The lowest BCUT2D eigenvalue weighted by Crippen LogP contribution is -2.37. The molecule has 1 saturated carbocycles. The molecule has 0 heterocycles. The van der Waals surface area contributed by atoms with E-state index in [1.165, 1.54) is 12.8 Å². The van der Waals surface area contributed by atoms with Gasteiger partial charge in [-0.1, -0.05) is 36.4 Å². The summed E-state index contributed by atoms with van der Waals surface area (Å²) in [7, 11) is 0. The second kappa shape index (κ2) is 7.44. The van der Waals surface area contributed by atoms with Gasteiger partial charge in [-0.2, -0.15) is 0 Å². The Morgan fingerprint density at radius 3 is 2.83 bits per heavy atom. The zero-order valence-electron chi connectivity index (χ0n) is 13.0. The van der Waals surface area contributed by atoms with E-state index in [9.17, 15) is 9.90 Å². The Kier molecular flexibility index (Phi) is 5.10. The molecule has 0 aromatic heterocycles. The van der Waals surface area contributed by atoms with Crippen molar-refractivity contribution in [3.63, 3.8) is 0 Å². The van der Waals surface area contributed by atoms with Crippen LogP contribution < -0.4 is 10.6 Å². The number of hydrogen-bond donors (Lipinski definition) is 3. The maximum Gasteiger partial charge on any atom is 0.319 e. The van der Waals surface area contributed by atoms with Crippen LogP contribution in [0.2, 0.25) is 0 Å². The van der Waals surface area contributed by atoms with E-state index in [1.807, 2.05) is 42.5 Å². The van der Waals surface area contributed by atoms with Crippen molar-refractivity contribution in [1.29, 1.82) is 0 Å². The Morgan fingerprint density at radius 1 is 1.22 bits per heavy atom. The lowest BCUT2D eigenvalue weighted by molar-refractivity contribution is 0.0339. The minimum atomic E-state index is -0.688. The van der Waals surface area contributed by atoms with Crippen LogP contribution in [0.1, 0.15) is 12.8 Å². The third kappa shape index (κ3) is 4.68. The summed E-state index contributed by atoms with van der Waals surface area (Å²) in [4.78, 5) is 12.0. The van der Waals surface area contributed by atoms with Crippen LogP contribution in [0.25, 0.3) is 10.8 Å². The highest BCUT2D eigenvalue weighted by Gasteiger charge is 2.21. The van der Waals surface area contributed by atoms with E-state index in [1.54, 1.807) is 0 Å². The first-order valence-corrected chi connectivity index (χ1v) is 8.01. The van der Waals surface area contributed by atoms with E-state index in [0.29, 0.717) is 12.5 Å². The largest absolute Gasteiger partial charge is 0.389 e.